The minimum atomic E-state index is -2.03. The standard InChI is InChI=1S/C42H62O15.H2/c1-37(2,3)36(49)53-31-21-28-18-25(43)19-34(47)56-40(8,9)30(44)20-27-16-24-17-33(46)57-42(24,55-27)35(48)38(4,5)12-11-26-13-23(15-32(45)51-10)14-29(52-26)22-41(50,54-28)39(31,6)7;/h11-12,15,24-31,43-44,50H,13-14,16-22H2,1-10H3;1H/b12-11+,23-15+;/t24-,25+,26-,27-,28+,29-,30+,31-,41-,42-;/m0./s1. The predicted molar refractivity (Wildman–Crippen MR) is 203 cm³/mol. The lowest BCUT2D eigenvalue weighted by molar-refractivity contribution is -0.349. The molecule has 15 heteroatoms. The van der Waals surface area contributed by atoms with Gasteiger partial charge in [0, 0.05) is 44.5 Å². The number of Topliss-reactive ketones (excluding diaryl/α,β-unsaturated/α-hetero) is 1. The molecule has 0 aliphatic carbocycles. The quantitative estimate of drug-likeness (QED) is 0.155. The largest absolute Gasteiger partial charge is 0.466 e. The monoisotopic (exact) mass is 808 g/mol. The van der Waals surface area contributed by atoms with Crippen LogP contribution in [0, 0.1) is 22.2 Å². The molecular formula is C42H64O15. The van der Waals surface area contributed by atoms with Crippen LogP contribution in [0.1, 0.15) is 122 Å². The van der Waals surface area contributed by atoms with E-state index in [4.69, 9.17) is 33.2 Å². The van der Waals surface area contributed by atoms with Crippen molar-refractivity contribution >= 4 is 29.7 Å². The first-order valence-corrected chi connectivity index (χ1v) is 20.0. The molecule has 3 N–H and O–H groups in total. The van der Waals surface area contributed by atoms with Crippen LogP contribution < -0.4 is 0 Å². The fourth-order valence-corrected chi connectivity index (χ4v) is 8.50. The molecule has 5 heterocycles. The minimum Gasteiger partial charge on any atom is -0.466 e. The highest BCUT2D eigenvalue weighted by atomic mass is 16.7. The molecule has 15 nitrogen and oxygen atoms in total. The van der Waals surface area contributed by atoms with Gasteiger partial charge in [-0.3, -0.25) is 19.2 Å². The number of carbonyl (C=O) groups is 5. The molecule has 10 atom stereocenters. The third-order valence-electron chi connectivity index (χ3n) is 12.2. The second kappa shape index (κ2) is 16.1. The molecule has 5 rings (SSSR count). The van der Waals surface area contributed by atoms with Crippen LogP contribution in [0.2, 0.25) is 0 Å². The van der Waals surface area contributed by atoms with Crippen LogP contribution in [0.15, 0.2) is 23.8 Å². The number of allylic oxidation sites excluding steroid dienone is 1. The number of hydrogen-bond donors (Lipinski definition) is 3. The van der Waals surface area contributed by atoms with E-state index in [0.29, 0.717) is 5.57 Å². The summed E-state index contributed by atoms with van der Waals surface area (Å²) in [6, 6.07) is 0. The summed E-state index contributed by atoms with van der Waals surface area (Å²) >= 11 is 0. The van der Waals surface area contributed by atoms with Crippen molar-refractivity contribution in [1.82, 2.24) is 0 Å². The highest BCUT2D eigenvalue weighted by Crippen LogP contribution is 2.51. The van der Waals surface area contributed by atoms with Gasteiger partial charge in [-0.2, -0.15) is 0 Å². The molecule has 5 aliphatic heterocycles. The first kappa shape index (κ1) is 44.9. The zero-order valence-electron chi connectivity index (χ0n) is 35.0. The zero-order valence-corrected chi connectivity index (χ0v) is 35.0. The Morgan fingerprint density at radius 2 is 1.51 bits per heavy atom. The van der Waals surface area contributed by atoms with Crippen molar-refractivity contribution in [3.63, 3.8) is 0 Å². The number of carbonyl (C=O) groups excluding carboxylic acids is 5. The lowest BCUT2D eigenvalue weighted by Gasteiger charge is -2.54. The summed E-state index contributed by atoms with van der Waals surface area (Å²) in [5, 5.41) is 35.1. The fraction of sp³-hybridized carbons (Fsp3) is 0.786. The first-order chi connectivity index (χ1) is 26.2. The normalized spacial score (nSPS) is 39.7. The van der Waals surface area contributed by atoms with E-state index in [1.807, 2.05) is 0 Å². The summed E-state index contributed by atoms with van der Waals surface area (Å²) in [5.74, 6) is -7.53. The van der Waals surface area contributed by atoms with Crippen LogP contribution in [0.25, 0.3) is 0 Å². The number of aliphatic hydroxyl groups excluding tert-OH is 2. The maximum atomic E-state index is 14.4. The maximum Gasteiger partial charge on any atom is 0.330 e. The van der Waals surface area contributed by atoms with Crippen LogP contribution in [0.4, 0.5) is 0 Å². The number of ketones is 1. The van der Waals surface area contributed by atoms with Crippen molar-refractivity contribution in [1.29, 1.82) is 0 Å². The molecular weight excluding hydrogens is 744 g/mol. The SMILES string of the molecule is COC(=O)/C=C1/C[C@H]2C[C@]3(O)O[C@H](C[C@@H](O)CC(=O)OC(C)(C)[C@H](O)C[C@@H]4C[C@H]5CC(=O)O[C@]5(O4)C(=O)C(C)(C)/C=C/[C@@H](C1)O2)C[C@H](OC(=O)C(C)(C)C)C3(C)C.[HH]. The Kier molecular flexibility index (Phi) is 12.7. The Hall–Kier alpha value is -3.21. The molecule has 0 amide bonds. The van der Waals surface area contributed by atoms with Crippen molar-refractivity contribution in [2.75, 3.05) is 7.11 Å². The molecule has 1 spiro atoms. The van der Waals surface area contributed by atoms with Crippen molar-refractivity contribution in [2.24, 2.45) is 22.2 Å². The van der Waals surface area contributed by atoms with E-state index < -0.39 is 118 Å². The van der Waals surface area contributed by atoms with Gasteiger partial charge in [-0.05, 0) is 67.7 Å². The van der Waals surface area contributed by atoms with E-state index in [-0.39, 0.29) is 52.8 Å². The van der Waals surface area contributed by atoms with E-state index in [1.165, 1.54) is 27.0 Å². The number of rotatable bonds is 2. The molecule has 5 aliphatic rings. The lowest BCUT2D eigenvalue weighted by Crippen LogP contribution is -2.62. The fourth-order valence-electron chi connectivity index (χ4n) is 8.50. The van der Waals surface area contributed by atoms with Gasteiger partial charge in [0.05, 0.1) is 67.4 Å². The highest BCUT2D eigenvalue weighted by molar-refractivity contribution is 5.96. The summed E-state index contributed by atoms with van der Waals surface area (Å²) in [5.41, 5.74) is -4.17. The minimum absolute atomic E-state index is 0. The summed E-state index contributed by atoms with van der Waals surface area (Å²) < 4.78 is 41.5. The Morgan fingerprint density at radius 3 is 2.16 bits per heavy atom. The topological polar surface area (TPSA) is 211 Å². The molecule has 0 unspecified atom stereocenters. The van der Waals surface area contributed by atoms with E-state index in [2.05, 4.69) is 0 Å². The average molecular weight is 809 g/mol. The van der Waals surface area contributed by atoms with Gasteiger partial charge >= 0.3 is 23.9 Å². The summed E-state index contributed by atoms with van der Waals surface area (Å²) in [4.78, 5) is 66.0. The smallest absolute Gasteiger partial charge is 0.330 e. The van der Waals surface area contributed by atoms with Crippen molar-refractivity contribution < 1.29 is 73.9 Å². The Labute approximate surface area is 336 Å². The van der Waals surface area contributed by atoms with E-state index >= 15 is 0 Å². The molecule has 0 aromatic carbocycles. The van der Waals surface area contributed by atoms with Gasteiger partial charge < -0.3 is 48.5 Å². The van der Waals surface area contributed by atoms with Crippen LogP contribution in [-0.4, -0.2) is 112 Å². The maximum absolute atomic E-state index is 14.4. The summed E-state index contributed by atoms with van der Waals surface area (Å²) in [6.07, 6.45) is -1.94. The Bertz CT molecular complexity index is 1640. The molecule has 6 bridgehead atoms. The van der Waals surface area contributed by atoms with Gasteiger partial charge in [0.1, 0.15) is 11.7 Å². The summed E-state index contributed by atoms with van der Waals surface area (Å²) in [7, 11) is 1.26. The van der Waals surface area contributed by atoms with E-state index in [0.717, 1.165) is 0 Å². The van der Waals surface area contributed by atoms with Gasteiger partial charge in [0.2, 0.25) is 5.78 Å². The lowest BCUT2D eigenvalue weighted by atomic mass is 9.70. The Morgan fingerprint density at radius 1 is 0.860 bits per heavy atom. The van der Waals surface area contributed by atoms with Gasteiger partial charge in [-0.1, -0.05) is 31.6 Å². The molecule has 4 saturated heterocycles. The van der Waals surface area contributed by atoms with Crippen LogP contribution in [0.3, 0.4) is 0 Å². The molecule has 0 radical (unpaired) electrons. The number of methoxy groups -OCH3 is 1. The second-order valence-corrected chi connectivity index (χ2v) is 19.2. The number of cyclic esters (lactones) is 1. The molecule has 0 aromatic heterocycles. The highest BCUT2D eigenvalue weighted by Gasteiger charge is 2.64. The van der Waals surface area contributed by atoms with E-state index in [9.17, 15) is 39.3 Å². The number of hydrogen-bond acceptors (Lipinski definition) is 15. The number of fused-ring (bicyclic) bond motifs is 5. The van der Waals surface area contributed by atoms with Crippen LogP contribution >= 0.6 is 0 Å². The summed E-state index contributed by atoms with van der Waals surface area (Å²) in [6.45, 7) is 14.9. The molecule has 322 valence electrons. The second-order valence-electron chi connectivity index (χ2n) is 19.2. The van der Waals surface area contributed by atoms with Gasteiger partial charge in [0.25, 0.3) is 5.79 Å². The van der Waals surface area contributed by atoms with Gasteiger partial charge in [-0.15, -0.1) is 0 Å². The van der Waals surface area contributed by atoms with Crippen LogP contribution in [0.5, 0.6) is 0 Å². The number of aliphatic hydroxyl groups is 3. The first-order valence-electron chi connectivity index (χ1n) is 20.0. The van der Waals surface area contributed by atoms with Crippen LogP contribution in [-0.2, 0) is 57.1 Å². The number of ether oxygens (including phenoxy) is 7. The third kappa shape index (κ3) is 9.65. The van der Waals surface area contributed by atoms with Gasteiger partial charge in [0.15, 0.2) is 5.79 Å². The molecule has 57 heavy (non-hydrogen) atoms. The Balaban J connectivity index is 0.00000744. The zero-order chi connectivity index (χ0) is 42.5. The van der Waals surface area contributed by atoms with Crippen molar-refractivity contribution in [3.8, 4) is 0 Å². The molecule has 4 fully saturated rings. The van der Waals surface area contributed by atoms with E-state index in [1.54, 1.807) is 60.6 Å². The predicted octanol–water partition coefficient (Wildman–Crippen LogP) is 4.16. The molecule has 0 saturated carbocycles. The van der Waals surface area contributed by atoms with Crippen molar-refractivity contribution in [3.05, 3.63) is 23.8 Å². The third-order valence-corrected chi connectivity index (χ3v) is 12.2. The average Bonchev–Trinajstić information content (AvgIpc) is 3.56. The van der Waals surface area contributed by atoms with Crippen molar-refractivity contribution in [2.45, 2.75) is 180 Å². The molecule has 0 aromatic rings. The number of esters is 4. The van der Waals surface area contributed by atoms with Gasteiger partial charge in [-0.25, -0.2) is 4.79 Å².